The number of benzene rings is 5. The van der Waals surface area contributed by atoms with Crippen molar-refractivity contribution in [2.45, 2.75) is 13.5 Å². The van der Waals surface area contributed by atoms with Crippen LogP contribution in [-0.2, 0) is 6.61 Å². The van der Waals surface area contributed by atoms with Crippen LogP contribution in [0.5, 0.6) is 11.5 Å². The monoisotopic (exact) mass is 599 g/mol. The Labute approximate surface area is 261 Å². The number of halogens is 1. The molecule has 1 heterocycles. The molecule has 0 saturated heterocycles. The second kappa shape index (κ2) is 12.9. The fourth-order valence-corrected chi connectivity index (χ4v) is 5.42. The van der Waals surface area contributed by atoms with E-state index < -0.39 is 0 Å². The van der Waals surface area contributed by atoms with Crippen molar-refractivity contribution in [3.63, 3.8) is 0 Å². The summed E-state index contributed by atoms with van der Waals surface area (Å²) in [5.41, 5.74) is 9.03. The zero-order chi connectivity index (χ0) is 30.5. The van der Waals surface area contributed by atoms with Crippen LogP contribution in [0.15, 0.2) is 126 Å². The highest BCUT2D eigenvalue weighted by atomic mass is 35.5. The fraction of sp³-hybridized carbons (Fsp3) is 0.0811. The van der Waals surface area contributed by atoms with Crippen LogP contribution in [0.25, 0.3) is 27.7 Å². The molecule has 0 bridgehead atoms. The third kappa shape index (κ3) is 6.21. The first-order chi connectivity index (χ1) is 21.5. The molecule has 0 saturated carbocycles. The first-order valence-corrected chi connectivity index (χ1v) is 14.5. The Hall–Kier alpha value is -5.33. The molecule has 6 nitrogen and oxygen atoms in total. The predicted molar refractivity (Wildman–Crippen MR) is 177 cm³/mol. The molecule has 1 aromatic heterocycles. The smallest absolute Gasteiger partial charge is 0.271 e. The molecule has 0 aliphatic carbocycles. The molecule has 0 radical (unpaired) electrons. The van der Waals surface area contributed by atoms with Gasteiger partial charge in [-0.1, -0.05) is 78.3 Å². The van der Waals surface area contributed by atoms with E-state index >= 15 is 0 Å². The van der Waals surface area contributed by atoms with Gasteiger partial charge in [0.1, 0.15) is 6.61 Å². The lowest BCUT2D eigenvalue weighted by Crippen LogP contribution is -2.17. The van der Waals surface area contributed by atoms with Gasteiger partial charge in [-0.15, -0.1) is 0 Å². The maximum Gasteiger partial charge on any atom is 0.271 e. The lowest BCUT2D eigenvalue weighted by atomic mass is 10.1. The zero-order valence-electron chi connectivity index (χ0n) is 24.3. The van der Waals surface area contributed by atoms with Gasteiger partial charge in [0.15, 0.2) is 11.5 Å². The number of fused-ring (bicyclic) bond motifs is 1. The number of nitrogens with zero attached hydrogens (tertiary/aromatic N) is 2. The fourth-order valence-electron chi connectivity index (χ4n) is 5.15. The van der Waals surface area contributed by atoms with E-state index in [0.717, 1.165) is 33.6 Å². The first kappa shape index (κ1) is 28.8. The standard InChI is InChI=1S/C37H30ClN3O3/c1-25-12-19-34(29-9-4-3-5-10-29)41(25)32-17-15-30(16-18-32)37(42)40-39-23-27-21-33(38)36(35(22-27)43-2)44-24-26-13-14-28-8-6-7-11-31(28)20-26/h3-23H,24H2,1-2H3,(H,40,42)/b39-23+. The highest BCUT2D eigenvalue weighted by Gasteiger charge is 2.13. The van der Waals surface area contributed by atoms with E-state index in [1.165, 1.54) is 11.6 Å². The molecule has 0 unspecified atom stereocenters. The number of carbonyl (C=O) groups is 1. The maximum absolute atomic E-state index is 12.8. The molecule has 1 N–H and O–H groups in total. The molecule has 44 heavy (non-hydrogen) atoms. The molecular formula is C37H30ClN3O3. The highest BCUT2D eigenvalue weighted by molar-refractivity contribution is 6.32. The second-order valence-electron chi connectivity index (χ2n) is 10.3. The van der Waals surface area contributed by atoms with Gasteiger partial charge in [0.05, 0.1) is 24.0 Å². The van der Waals surface area contributed by atoms with Gasteiger partial charge >= 0.3 is 0 Å². The number of hydrazone groups is 1. The molecule has 7 heteroatoms. The summed E-state index contributed by atoms with van der Waals surface area (Å²) in [4.78, 5) is 12.8. The van der Waals surface area contributed by atoms with Crippen LogP contribution in [-0.4, -0.2) is 23.8 Å². The van der Waals surface area contributed by atoms with Crippen molar-refractivity contribution < 1.29 is 14.3 Å². The van der Waals surface area contributed by atoms with Crippen LogP contribution < -0.4 is 14.9 Å². The topological polar surface area (TPSA) is 64.8 Å². The zero-order valence-corrected chi connectivity index (χ0v) is 25.1. The Bertz CT molecular complexity index is 1960. The average Bonchev–Trinajstić information content (AvgIpc) is 3.45. The number of ether oxygens (including phenoxy) is 2. The number of nitrogens with one attached hydrogen (secondary N) is 1. The highest BCUT2D eigenvalue weighted by Crippen LogP contribution is 2.37. The molecule has 0 fully saturated rings. The number of hydrogen-bond acceptors (Lipinski definition) is 4. The molecule has 218 valence electrons. The third-order valence-corrected chi connectivity index (χ3v) is 7.64. The van der Waals surface area contributed by atoms with Crippen LogP contribution in [0.3, 0.4) is 0 Å². The van der Waals surface area contributed by atoms with E-state index in [1.54, 1.807) is 31.4 Å². The summed E-state index contributed by atoms with van der Waals surface area (Å²) in [6, 6.07) is 39.7. The second-order valence-corrected chi connectivity index (χ2v) is 10.7. The number of rotatable bonds is 9. The lowest BCUT2D eigenvalue weighted by molar-refractivity contribution is 0.0955. The first-order valence-electron chi connectivity index (χ1n) is 14.2. The van der Waals surface area contributed by atoms with Crippen molar-refractivity contribution in [1.29, 1.82) is 0 Å². The molecule has 5 aromatic carbocycles. The van der Waals surface area contributed by atoms with Gasteiger partial charge < -0.3 is 14.0 Å². The number of aromatic nitrogens is 1. The van der Waals surface area contributed by atoms with E-state index in [-0.39, 0.29) is 5.91 Å². The Balaban J connectivity index is 1.11. The average molecular weight is 600 g/mol. The van der Waals surface area contributed by atoms with Gasteiger partial charge in [-0.3, -0.25) is 4.79 Å². The summed E-state index contributed by atoms with van der Waals surface area (Å²) in [6.07, 6.45) is 1.52. The number of hydrogen-bond donors (Lipinski definition) is 1. The van der Waals surface area contributed by atoms with Crippen LogP contribution in [0.4, 0.5) is 0 Å². The minimum absolute atomic E-state index is 0.325. The van der Waals surface area contributed by atoms with Gasteiger partial charge in [0.25, 0.3) is 5.91 Å². The minimum atomic E-state index is -0.325. The summed E-state index contributed by atoms with van der Waals surface area (Å²) >= 11 is 6.57. The van der Waals surface area contributed by atoms with Crippen LogP contribution in [0, 0.1) is 6.92 Å². The molecule has 0 aliphatic heterocycles. The molecular weight excluding hydrogens is 570 g/mol. The molecule has 6 aromatic rings. The van der Waals surface area contributed by atoms with Crippen molar-refractivity contribution in [3.8, 4) is 28.4 Å². The van der Waals surface area contributed by atoms with E-state index in [0.29, 0.717) is 34.3 Å². The number of methoxy groups -OCH3 is 1. The number of carbonyl (C=O) groups excluding carboxylic acids is 1. The van der Waals surface area contributed by atoms with Gasteiger partial charge in [0, 0.05) is 16.9 Å². The van der Waals surface area contributed by atoms with Crippen LogP contribution in [0.1, 0.15) is 27.2 Å². The van der Waals surface area contributed by atoms with Gasteiger partial charge in [-0.05, 0) is 89.0 Å². The summed E-state index contributed by atoms with van der Waals surface area (Å²) in [5, 5.41) is 6.83. The van der Waals surface area contributed by atoms with Crippen LogP contribution in [0.2, 0.25) is 5.02 Å². The van der Waals surface area contributed by atoms with E-state index in [1.807, 2.05) is 48.5 Å². The maximum atomic E-state index is 12.8. The summed E-state index contributed by atoms with van der Waals surface area (Å²) in [6.45, 7) is 2.40. The Kier molecular flexibility index (Phi) is 8.43. The van der Waals surface area contributed by atoms with E-state index in [2.05, 4.69) is 70.5 Å². The molecule has 0 spiro atoms. The number of aryl methyl sites for hydroxylation is 1. The third-order valence-electron chi connectivity index (χ3n) is 7.36. The normalized spacial score (nSPS) is 11.2. The number of amides is 1. The minimum Gasteiger partial charge on any atom is -0.493 e. The SMILES string of the molecule is COc1cc(/C=N/NC(=O)c2ccc(-n3c(C)ccc3-c3ccccc3)cc2)cc(Cl)c1OCc1ccc2ccccc2c1. The summed E-state index contributed by atoms with van der Waals surface area (Å²) in [5.74, 6) is 0.586. The molecule has 6 rings (SSSR count). The van der Waals surface area contributed by atoms with Crippen molar-refractivity contribution in [1.82, 2.24) is 9.99 Å². The van der Waals surface area contributed by atoms with Crippen molar-refractivity contribution in [3.05, 3.63) is 149 Å². The Morgan fingerprint density at radius 1 is 0.864 bits per heavy atom. The quantitative estimate of drug-likeness (QED) is 0.134. The largest absolute Gasteiger partial charge is 0.493 e. The summed E-state index contributed by atoms with van der Waals surface area (Å²) < 4.78 is 13.8. The van der Waals surface area contributed by atoms with Crippen molar-refractivity contribution >= 4 is 34.5 Å². The molecule has 0 atom stereocenters. The van der Waals surface area contributed by atoms with E-state index in [4.69, 9.17) is 21.1 Å². The molecule has 0 aliphatic rings. The lowest BCUT2D eigenvalue weighted by Gasteiger charge is -2.14. The van der Waals surface area contributed by atoms with Crippen molar-refractivity contribution in [2.75, 3.05) is 7.11 Å². The van der Waals surface area contributed by atoms with Gasteiger partial charge in [-0.25, -0.2) is 5.43 Å². The Morgan fingerprint density at radius 2 is 1.61 bits per heavy atom. The predicted octanol–water partition coefficient (Wildman–Crippen LogP) is 8.61. The van der Waals surface area contributed by atoms with Gasteiger partial charge in [-0.2, -0.15) is 5.10 Å². The molecule has 1 amide bonds. The van der Waals surface area contributed by atoms with E-state index in [9.17, 15) is 4.79 Å². The van der Waals surface area contributed by atoms with Crippen LogP contribution >= 0.6 is 11.6 Å². The summed E-state index contributed by atoms with van der Waals surface area (Å²) in [7, 11) is 1.55. The Morgan fingerprint density at radius 3 is 2.39 bits per heavy atom. The van der Waals surface area contributed by atoms with Gasteiger partial charge in [0.2, 0.25) is 0 Å². The van der Waals surface area contributed by atoms with Crippen molar-refractivity contribution in [2.24, 2.45) is 5.10 Å².